The van der Waals surface area contributed by atoms with Crippen molar-refractivity contribution in [3.8, 4) is 11.1 Å². The van der Waals surface area contributed by atoms with Crippen LogP contribution in [-0.4, -0.2) is 27.1 Å². The van der Waals surface area contributed by atoms with Gasteiger partial charge >= 0.3 is 0 Å². The predicted molar refractivity (Wildman–Crippen MR) is 116 cm³/mol. The van der Waals surface area contributed by atoms with Crippen molar-refractivity contribution in [2.45, 2.75) is 19.5 Å². The van der Waals surface area contributed by atoms with Gasteiger partial charge < -0.3 is 4.90 Å². The second-order valence-corrected chi connectivity index (χ2v) is 8.29. The van der Waals surface area contributed by atoms with Crippen LogP contribution in [0, 0.1) is 0 Å². The van der Waals surface area contributed by atoms with Crippen LogP contribution in [0.25, 0.3) is 11.1 Å². The standard InChI is InChI=1S/C24H21N3OS/c28-24(26-14-10-23-20(17-26)11-15-29-23)22-5-2-1-4-21(22)19-8-6-18(7-9-19)16-27-13-3-12-25-27/h1-9,11-13,15H,10,14,16-17H2. The summed E-state index contributed by atoms with van der Waals surface area (Å²) in [6.45, 7) is 2.23. The minimum absolute atomic E-state index is 0.109. The molecule has 2 aromatic heterocycles. The Morgan fingerprint density at radius 2 is 1.90 bits per heavy atom. The Hall–Kier alpha value is -3.18. The van der Waals surface area contributed by atoms with Gasteiger partial charge in [-0.2, -0.15) is 5.10 Å². The van der Waals surface area contributed by atoms with Crippen LogP contribution in [0.3, 0.4) is 0 Å². The molecule has 3 heterocycles. The maximum atomic E-state index is 13.3. The molecule has 0 fully saturated rings. The van der Waals surface area contributed by atoms with Crippen molar-refractivity contribution in [2.24, 2.45) is 0 Å². The zero-order valence-corrected chi connectivity index (χ0v) is 16.8. The van der Waals surface area contributed by atoms with E-state index in [1.165, 1.54) is 16.0 Å². The van der Waals surface area contributed by atoms with Crippen molar-refractivity contribution >= 4 is 17.2 Å². The van der Waals surface area contributed by atoms with E-state index in [2.05, 4.69) is 40.8 Å². The number of nitrogens with zero attached hydrogens (tertiary/aromatic N) is 3. The largest absolute Gasteiger partial charge is 0.334 e. The number of hydrogen-bond acceptors (Lipinski definition) is 3. The first-order valence-electron chi connectivity index (χ1n) is 9.78. The number of fused-ring (bicyclic) bond motifs is 1. The lowest BCUT2D eigenvalue weighted by Crippen LogP contribution is -2.35. The quantitative estimate of drug-likeness (QED) is 0.492. The molecule has 4 nitrogen and oxygen atoms in total. The van der Waals surface area contributed by atoms with Gasteiger partial charge in [0.2, 0.25) is 0 Å². The number of rotatable bonds is 4. The van der Waals surface area contributed by atoms with E-state index in [4.69, 9.17) is 0 Å². The molecule has 0 spiro atoms. The van der Waals surface area contributed by atoms with Gasteiger partial charge in [0.1, 0.15) is 0 Å². The van der Waals surface area contributed by atoms with Crippen LogP contribution >= 0.6 is 11.3 Å². The number of carbonyl (C=O) groups excluding carboxylic acids is 1. The van der Waals surface area contributed by atoms with Gasteiger partial charge in [0.25, 0.3) is 5.91 Å². The highest BCUT2D eigenvalue weighted by Crippen LogP contribution is 2.29. The summed E-state index contributed by atoms with van der Waals surface area (Å²) in [7, 11) is 0. The zero-order valence-electron chi connectivity index (χ0n) is 16.0. The molecule has 2 aromatic carbocycles. The summed E-state index contributed by atoms with van der Waals surface area (Å²) in [4.78, 5) is 16.7. The number of aromatic nitrogens is 2. The SMILES string of the molecule is O=C(c1ccccc1-c1ccc(Cn2cccn2)cc1)N1CCc2sccc2C1. The summed E-state index contributed by atoms with van der Waals surface area (Å²) in [5.74, 6) is 0.109. The molecule has 0 atom stereocenters. The van der Waals surface area contributed by atoms with Crippen molar-refractivity contribution in [1.29, 1.82) is 0 Å². The van der Waals surface area contributed by atoms with E-state index >= 15 is 0 Å². The lowest BCUT2D eigenvalue weighted by molar-refractivity contribution is 0.0736. The molecule has 0 aliphatic carbocycles. The summed E-state index contributed by atoms with van der Waals surface area (Å²) in [5, 5.41) is 6.38. The number of carbonyl (C=O) groups is 1. The third kappa shape index (κ3) is 3.61. The first-order valence-corrected chi connectivity index (χ1v) is 10.7. The van der Waals surface area contributed by atoms with E-state index in [9.17, 15) is 4.79 Å². The third-order valence-corrected chi connectivity index (χ3v) is 6.44. The minimum Gasteiger partial charge on any atom is -0.334 e. The van der Waals surface area contributed by atoms with Crippen LogP contribution in [0.5, 0.6) is 0 Å². The lowest BCUT2D eigenvalue weighted by atomic mass is 9.97. The number of thiophene rings is 1. The van der Waals surface area contributed by atoms with Crippen LogP contribution in [0.4, 0.5) is 0 Å². The number of benzene rings is 2. The topological polar surface area (TPSA) is 38.1 Å². The van der Waals surface area contributed by atoms with E-state index in [1.807, 2.05) is 46.1 Å². The Balaban J connectivity index is 1.40. The van der Waals surface area contributed by atoms with E-state index in [0.29, 0.717) is 6.54 Å². The second-order valence-electron chi connectivity index (χ2n) is 7.29. The summed E-state index contributed by atoms with van der Waals surface area (Å²) in [6, 6.07) is 20.4. The lowest BCUT2D eigenvalue weighted by Gasteiger charge is -2.28. The van der Waals surface area contributed by atoms with Crippen LogP contribution in [0.2, 0.25) is 0 Å². The Kier molecular flexibility index (Phi) is 4.74. The molecule has 0 N–H and O–H groups in total. The molecule has 0 bridgehead atoms. The van der Waals surface area contributed by atoms with Gasteiger partial charge in [-0.3, -0.25) is 9.48 Å². The average Bonchev–Trinajstić information content (AvgIpc) is 3.45. The normalized spacial score (nSPS) is 13.3. The van der Waals surface area contributed by atoms with Crippen molar-refractivity contribution in [1.82, 2.24) is 14.7 Å². The fourth-order valence-electron chi connectivity index (χ4n) is 3.88. The minimum atomic E-state index is 0.109. The second kappa shape index (κ2) is 7.68. The summed E-state index contributed by atoms with van der Waals surface area (Å²) >= 11 is 1.79. The summed E-state index contributed by atoms with van der Waals surface area (Å²) in [6.07, 6.45) is 4.69. The Morgan fingerprint density at radius 3 is 2.72 bits per heavy atom. The van der Waals surface area contributed by atoms with Gasteiger partial charge in [-0.15, -0.1) is 11.3 Å². The zero-order chi connectivity index (χ0) is 19.6. The van der Waals surface area contributed by atoms with Crippen molar-refractivity contribution < 1.29 is 4.79 Å². The smallest absolute Gasteiger partial charge is 0.254 e. The Bertz CT molecular complexity index is 1130. The highest BCUT2D eigenvalue weighted by molar-refractivity contribution is 7.10. The van der Waals surface area contributed by atoms with Gasteiger partial charge in [-0.05, 0) is 52.3 Å². The van der Waals surface area contributed by atoms with Gasteiger partial charge in [0.05, 0.1) is 6.54 Å². The molecule has 0 unspecified atom stereocenters. The highest BCUT2D eigenvalue weighted by Gasteiger charge is 2.24. The van der Waals surface area contributed by atoms with Crippen LogP contribution in [0.15, 0.2) is 78.4 Å². The van der Waals surface area contributed by atoms with E-state index in [0.717, 1.165) is 36.2 Å². The van der Waals surface area contributed by atoms with Gasteiger partial charge in [0, 0.05) is 35.9 Å². The number of amides is 1. The molecular weight excluding hydrogens is 378 g/mol. The highest BCUT2D eigenvalue weighted by atomic mass is 32.1. The molecule has 1 aliphatic rings. The van der Waals surface area contributed by atoms with Gasteiger partial charge in [0.15, 0.2) is 0 Å². The molecule has 29 heavy (non-hydrogen) atoms. The summed E-state index contributed by atoms with van der Waals surface area (Å²) in [5.41, 5.74) is 5.29. The maximum Gasteiger partial charge on any atom is 0.254 e. The fraction of sp³-hybridized carbons (Fsp3) is 0.167. The molecule has 4 aromatic rings. The molecule has 5 heteroatoms. The van der Waals surface area contributed by atoms with Crippen molar-refractivity contribution in [3.63, 3.8) is 0 Å². The molecule has 1 aliphatic heterocycles. The molecule has 0 saturated carbocycles. The molecule has 0 saturated heterocycles. The Labute approximate surface area is 174 Å². The predicted octanol–water partition coefficient (Wildman–Crippen LogP) is 4.86. The monoisotopic (exact) mass is 399 g/mol. The first-order chi connectivity index (χ1) is 14.3. The molecule has 144 valence electrons. The van der Waals surface area contributed by atoms with Crippen molar-refractivity contribution in [2.75, 3.05) is 6.54 Å². The first kappa shape index (κ1) is 17.9. The van der Waals surface area contributed by atoms with E-state index in [-0.39, 0.29) is 5.91 Å². The fourth-order valence-corrected chi connectivity index (χ4v) is 4.77. The maximum absolute atomic E-state index is 13.3. The average molecular weight is 400 g/mol. The van der Waals surface area contributed by atoms with Crippen LogP contribution < -0.4 is 0 Å². The molecule has 0 radical (unpaired) electrons. The van der Waals surface area contributed by atoms with E-state index < -0.39 is 0 Å². The van der Waals surface area contributed by atoms with Crippen molar-refractivity contribution in [3.05, 3.63) is 100 Å². The summed E-state index contributed by atoms with van der Waals surface area (Å²) < 4.78 is 1.90. The van der Waals surface area contributed by atoms with Crippen LogP contribution in [-0.2, 0) is 19.5 Å². The third-order valence-electron chi connectivity index (χ3n) is 5.42. The molecular formula is C24H21N3OS. The molecule has 5 rings (SSSR count). The van der Waals surface area contributed by atoms with E-state index in [1.54, 1.807) is 17.5 Å². The Morgan fingerprint density at radius 1 is 1.03 bits per heavy atom. The van der Waals surface area contributed by atoms with Gasteiger partial charge in [-0.1, -0.05) is 42.5 Å². The molecule has 1 amide bonds. The number of hydrogen-bond donors (Lipinski definition) is 0. The van der Waals surface area contributed by atoms with Crippen LogP contribution in [0.1, 0.15) is 26.4 Å². The van der Waals surface area contributed by atoms with Gasteiger partial charge in [-0.25, -0.2) is 0 Å².